The summed E-state index contributed by atoms with van der Waals surface area (Å²) in [5, 5.41) is 5.42. The number of hydrogen-bond donors (Lipinski definition) is 2. The maximum atomic E-state index is 14.1. The molecule has 0 unspecified atom stereocenters. The third-order valence-corrected chi connectivity index (χ3v) is 4.14. The molecule has 1 aliphatic heterocycles. The smallest absolute Gasteiger partial charge is 0.321 e. The van der Waals surface area contributed by atoms with Gasteiger partial charge in [0.15, 0.2) is 0 Å². The van der Waals surface area contributed by atoms with Gasteiger partial charge >= 0.3 is 12.1 Å². The number of halogens is 1. The molecule has 1 heterocycles. The van der Waals surface area contributed by atoms with Crippen molar-refractivity contribution in [1.29, 1.82) is 0 Å². The van der Waals surface area contributed by atoms with E-state index < -0.39 is 5.82 Å². The molecular formula is C16H23FN4O2. The molecule has 23 heavy (non-hydrogen) atoms. The van der Waals surface area contributed by atoms with E-state index in [0.717, 1.165) is 12.8 Å². The SMILES string of the molecule is CC[C@@H](C)N(C)C(=O)Nc1ccc(F)c(N2CCCNC2=O)c1. The van der Waals surface area contributed by atoms with Crippen LogP contribution in [0.4, 0.5) is 25.4 Å². The van der Waals surface area contributed by atoms with Crippen molar-refractivity contribution in [2.24, 2.45) is 0 Å². The van der Waals surface area contributed by atoms with E-state index in [1.165, 1.54) is 23.1 Å². The van der Waals surface area contributed by atoms with Crippen LogP contribution in [0.3, 0.4) is 0 Å². The van der Waals surface area contributed by atoms with E-state index >= 15 is 0 Å². The van der Waals surface area contributed by atoms with Gasteiger partial charge in [-0.1, -0.05) is 6.92 Å². The van der Waals surface area contributed by atoms with E-state index in [1.54, 1.807) is 11.9 Å². The molecule has 1 fully saturated rings. The van der Waals surface area contributed by atoms with Crippen LogP contribution in [0.25, 0.3) is 0 Å². The monoisotopic (exact) mass is 322 g/mol. The largest absolute Gasteiger partial charge is 0.338 e. The number of hydrogen-bond acceptors (Lipinski definition) is 2. The number of anilines is 2. The molecule has 0 aliphatic carbocycles. The Morgan fingerprint density at radius 2 is 2.26 bits per heavy atom. The summed E-state index contributed by atoms with van der Waals surface area (Å²) in [7, 11) is 1.71. The van der Waals surface area contributed by atoms with Crippen LogP contribution in [0.2, 0.25) is 0 Å². The van der Waals surface area contributed by atoms with E-state index in [-0.39, 0.29) is 23.8 Å². The van der Waals surface area contributed by atoms with Gasteiger partial charge in [0.2, 0.25) is 0 Å². The Hall–Kier alpha value is -2.31. The zero-order valence-corrected chi connectivity index (χ0v) is 13.7. The summed E-state index contributed by atoms with van der Waals surface area (Å²) in [5.74, 6) is -0.490. The van der Waals surface area contributed by atoms with Gasteiger partial charge in [-0.15, -0.1) is 0 Å². The van der Waals surface area contributed by atoms with Crippen LogP contribution in [0.15, 0.2) is 18.2 Å². The topological polar surface area (TPSA) is 64.7 Å². The average Bonchev–Trinajstić information content (AvgIpc) is 2.55. The van der Waals surface area contributed by atoms with E-state index in [1.807, 2.05) is 13.8 Å². The molecule has 0 radical (unpaired) electrons. The summed E-state index contributed by atoms with van der Waals surface area (Å²) in [6.07, 6.45) is 1.59. The zero-order valence-electron chi connectivity index (χ0n) is 13.7. The summed E-state index contributed by atoms with van der Waals surface area (Å²) >= 11 is 0. The molecule has 1 atom stereocenters. The maximum absolute atomic E-state index is 14.1. The second kappa shape index (κ2) is 7.30. The van der Waals surface area contributed by atoms with E-state index in [9.17, 15) is 14.0 Å². The molecule has 1 aromatic carbocycles. The fourth-order valence-electron chi connectivity index (χ4n) is 2.34. The Bertz CT molecular complexity index is 593. The molecule has 0 aromatic heterocycles. The third kappa shape index (κ3) is 3.91. The minimum atomic E-state index is -0.490. The molecule has 1 aromatic rings. The first-order valence-corrected chi connectivity index (χ1v) is 7.82. The van der Waals surface area contributed by atoms with Crippen molar-refractivity contribution >= 4 is 23.4 Å². The molecule has 2 rings (SSSR count). The molecule has 7 heteroatoms. The number of rotatable bonds is 4. The van der Waals surface area contributed by atoms with Crippen LogP contribution in [-0.2, 0) is 0 Å². The molecule has 0 spiro atoms. The van der Waals surface area contributed by atoms with Gasteiger partial charge in [0, 0.05) is 31.9 Å². The van der Waals surface area contributed by atoms with Gasteiger partial charge in [-0.05, 0) is 38.0 Å². The Kier molecular flexibility index (Phi) is 5.41. The van der Waals surface area contributed by atoms with Crippen LogP contribution < -0.4 is 15.5 Å². The Balaban J connectivity index is 2.17. The van der Waals surface area contributed by atoms with Crippen molar-refractivity contribution in [1.82, 2.24) is 10.2 Å². The van der Waals surface area contributed by atoms with Gasteiger partial charge in [-0.3, -0.25) is 4.90 Å². The van der Waals surface area contributed by atoms with Crippen LogP contribution in [0.5, 0.6) is 0 Å². The molecule has 0 saturated carbocycles. The quantitative estimate of drug-likeness (QED) is 0.895. The molecule has 0 bridgehead atoms. The second-order valence-corrected chi connectivity index (χ2v) is 5.70. The Morgan fingerprint density at radius 3 is 2.91 bits per heavy atom. The van der Waals surface area contributed by atoms with Crippen molar-refractivity contribution in [3.05, 3.63) is 24.0 Å². The number of nitrogens with zero attached hydrogens (tertiary/aromatic N) is 2. The molecular weight excluding hydrogens is 299 g/mol. The minimum absolute atomic E-state index is 0.0998. The Morgan fingerprint density at radius 1 is 1.52 bits per heavy atom. The van der Waals surface area contributed by atoms with Crippen LogP contribution in [0.1, 0.15) is 26.7 Å². The lowest BCUT2D eigenvalue weighted by atomic mass is 10.2. The zero-order chi connectivity index (χ0) is 17.0. The lowest BCUT2D eigenvalue weighted by Crippen LogP contribution is -2.46. The highest BCUT2D eigenvalue weighted by Gasteiger charge is 2.23. The number of benzene rings is 1. The van der Waals surface area contributed by atoms with Crippen LogP contribution >= 0.6 is 0 Å². The number of nitrogens with one attached hydrogen (secondary N) is 2. The molecule has 2 N–H and O–H groups in total. The first-order valence-electron chi connectivity index (χ1n) is 7.82. The normalized spacial score (nSPS) is 15.8. The summed E-state index contributed by atoms with van der Waals surface area (Å²) in [6.45, 7) is 4.99. The van der Waals surface area contributed by atoms with Crippen molar-refractivity contribution in [2.45, 2.75) is 32.7 Å². The van der Waals surface area contributed by atoms with Gasteiger partial charge < -0.3 is 15.5 Å². The molecule has 126 valence electrons. The summed E-state index contributed by atoms with van der Waals surface area (Å²) in [4.78, 5) is 27.0. The highest BCUT2D eigenvalue weighted by molar-refractivity contribution is 5.95. The predicted octanol–water partition coefficient (Wildman–Crippen LogP) is 3.01. The average molecular weight is 322 g/mol. The van der Waals surface area contributed by atoms with Crippen LogP contribution in [0, 0.1) is 5.82 Å². The first kappa shape index (κ1) is 17.1. The minimum Gasteiger partial charge on any atom is -0.338 e. The number of urea groups is 2. The summed E-state index contributed by atoms with van der Waals surface area (Å²) in [6, 6.07) is 3.75. The second-order valence-electron chi connectivity index (χ2n) is 5.70. The fraction of sp³-hybridized carbons (Fsp3) is 0.500. The van der Waals surface area contributed by atoms with Gasteiger partial charge in [0.25, 0.3) is 0 Å². The van der Waals surface area contributed by atoms with E-state index in [2.05, 4.69) is 10.6 Å². The van der Waals surface area contributed by atoms with Gasteiger partial charge in [0.05, 0.1) is 5.69 Å². The van der Waals surface area contributed by atoms with E-state index in [0.29, 0.717) is 18.8 Å². The number of carbonyl (C=O) groups excluding carboxylic acids is 2. The fourth-order valence-corrected chi connectivity index (χ4v) is 2.34. The lowest BCUT2D eigenvalue weighted by Gasteiger charge is -2.28. The predicted molar refractivity (Wildman–Crippen MR) is 88.3 cm³/mol. The van der Waals surface area contributed by atoms with Crippen molar-refractivity contribution in [2.75, 3.05) is 30.4 Å². The molecule has 1 aliphatic rings. The van der Waals surface area contributed by atoms with Gasteiger partial charge in [-0.25, -0.2) is 14.0 Å². The highest BCUT2D eigenvalue weighted by Crippen LogP contribution is 2.25. The molecule has 6 nitrogen and oxygen atoms in total. The van der Waals surface area contributed by atoms with Crippen LogP contribution in [-0.4, -0.2) is 43.1 Å². The van der Waals surface area contributed by atoms with Gasteiger partial charge in [-0.2, -0.15) is 0 Å². The van der Waals surface area contributed by atoms with Crippen molar-refractivity contribution < 1.29 is 14.0 Å². The van der Waals surface area contributed by atoms with E-state index in [4.69, 9.17) is 0 Å². The summed E-state index contributed by atoms with van der Waals surface area (Å²) in [5.41, 5.74) is 0.631. The number of carbonyl (C=O) groups is 2. The first-order chi connectivity index (χ1) is 10.9. The van der Waals surface area contributed by atoms with Crippen molar-refractivity contribution in [3.63, 3.8) is 0 Å². The summed E-state index contributed by atoms with van der Waals surface area (Å²) < 4.78 is 14.1. The molecule has 1 saturated heterocycles. The molecule has 4 amide bonds. The van der Waals surface area contributed by atoms with Gasteiger partial charge in [0.1, 0.15) is 5.82 Å². The highest BCUT2D eigenvalue weighted by atomic mass is 19.1. The standard InChI is InChI=1S/C16H23FN4O2/c1-4-11(2)20(3)16(23)19-12-6-7-13(17)14(10-12)21-9-5-8-18-15(21)22/h6-7,10-11H,4-5,8-9H2,1-3H3,(H,18,22)(H,19,23)/t11-/m1/s1. The third-order valence-electron chi connectivity index (χ3n) is 4.14. The number of amides is 4. The van der Waals surface area contributed by atoms with Crippen molar-refractivity contribution in [3.8, 4) is 0 Å². The maximum Gasteiger partial charge on any atom is 0.321 e. The Labute approximate surface area is 135 Å². The lowest BCUT2D eigenvalue weighted by molar-refractivity contribution is 0.206.